The van der Waals surface area contributed by atoms with Gasteiger partial charge in [0.1, 0.15) is 5.82 Å². The van der Waals surface area contributed by atoms with Crippen molar-refractivity contribution < 1.29 is 4.39 Å². The first-order chi connectivity index (χ1) is 9.08. The van der Waals surface area contributed by atoms with E-state index < -0.39 is 0 Å². The summed E-state index contributed by atoms with van der Waals surface area (Å²) >= 11 is 3.61. The monoisotopic (exact) mass is 387 g/mol. The number of nitrogen functional groups attached to an aromatic ring is 1. The van der Waals surface area contributed by atoms with Crippen LogP contribution in [0.25, 0.3) is 11.0 Å². The number of hydrogen-bond acceptors (Lipinski definition) is 3. The van der Waals surface area contributed by atoms with E-state index >= 15 is 0 Å². The van der Waals surface area contributed by atoms with E-state index in [4.69, 9.17) is 5.73 Å². The second-order valence-corrected chi connectivity index (χ2v) is 6.43. The molecule has 6 heteroatoms. The fourth-order valence-electron chi connectivity index (χ4n) is 2.17. The summed E-state index contributed by atoms with van der Waals surface area (Å²) in [7, 11) is 0. The summed E-state index contributed by atoms with van der Waals surface area (Å²) < 4.78 is 16.2. The Balaban J connectivity index is 2.23. The van der Waals surface area contributed by atoms with Crippen LogP contribution in [0.2, 0.25) is 0 Å². The maximum absolute atomic E-state index is 13.8. The average molecular weight is 387 g/mol. The maximum atomic E-state index is 13.8. The number of fused-ring (bicyclic) bond motifs is 1. The van der Waals surface area contributed by atoms with Gasteiger partial charge in [-0.25, -0.2) is 9.37 Å². The smallest absolute Gasteiger partial charge is 0.201 e. The Labute approximate surface area is 127 Å². The van der Waals surface area contributed by atoms with E-state index in [0.29, 0.717) is 9.52 Å². The zero-order valence-electron chi connectivity index (χ0n) is 10.1. The number of nitrogens with two attached hydrogens (primary N) is 1. The topological polar surface area (TPSA) is 43.8 Å². The molecule has 0 spiro atoms. The highest BCUT2D eigenvalue weighted by Gasteiger charge is 2.17. The van der Waals surface area contributed by atoms with Crippen molar-refractivity contribution in [3.63, 3.8) is 0 Å². The Morgan fingerprint density at radius 3 is 2.95 bits per heavy atom. The molecule has 3 rings (SSSR count). The molecular formula is C13H11FIN3S. The number of hydrogen-bond donors (Lipinski definition) is 1. The van der Waals surface area contributed by atoms with Gasteiger partial charge in [-0.2, -0.15) is 0 Å². The first-order valence-corrected chi connectivity index (χ1v) is 7.69. The van der Waals surface area contributed by atoms with Crippen molar-refractivity contribution in [2.24, 2.45) is 0 Å². The summed E-state index contributed by atoms with van der Waals surface area (Å²) in [5.74, 6) is 0.171. The lowest BCUT2D eigenvalue weighted by Crippen LogP contribution is -2.09. The zero-order chi connectivity index (χ0) is 13.6. The van der Waals surface area contributed by atoms with Crippen molar-refractivity contribution >= 4 is 50.9 Å². The number of nitrogens with zero attached hydrogens (tertiary/aromatic N) is 2. The molecule has 0 saturated carbocycles. The van der Waals surface area contributed by atoms with Crippen molar-refractivity contribution in [2.45, 2.75) is 13.0 Å². The molecule has 0 amide bonds. The number of anilines is 1. The van der Waals surface area contributed by atoms with Crippen LogP contribution in [-0.4, -0.2) is 9.55 Å². The molecule has 1 unspecified atom stereocenters. The lowest BCUT2D eigenvalue weighted by molar-refractivity contribution is 0.619. The van der Waals surface area contributed by atoms with Crippen LogP contribution in [0.3, 0.4) is 0 Å². The van der Waals surface area contributed by atoms with Gasteiger partial charge < -0.3 is 10.3 Å². The molecule has 0 aliphatic carbocycles. The maximum Gasteiger partial charge on any atom is 0.201 e. The Hall–Kier alpha value is -1.15. The minimum absolute atomic E-state index is 0.0458. The molecule has 0 fully saturated rings. The van der Waals surface area contributed by atoms with Gasteiger partial charge in [0.15, 0.2) is 0 Å². The van der Waals surface area contributed by atoms with Crippen LogP contribution in [0.5, 0.6) is 0 Å². The normalized spacial score (nSPS) is 13.0. The Morgan fingerprint density at radius 1 is 1.47 bits per heavy atom. The van der Waals surface area contributed by atoms with Crippen LogP contribution in [-0.2, 0) is 0 Å². The van der Waals surface area contributed by atoms with Crippen LogP contribution in [0.1, 0.15) is 17.8 Å². The van der Waals surface area contributed by atoms with E-state index in [1.807, 2.05) is 51.6 Å². The number of benzene rings is 1. The minimum atomic E-state index is -0.243. The average Bonchev–Trinajstić information content (AvgIpc) is 2.97. The van der Waals surface area contributed by atoms with Crippen LogP contribution >= 0.6 is 33.9 Å². The number of aromatic nitrogens is 2. The van der Waals surface area contributed by atoms with Crippen LogP contribution in [0.4, 0.5) is 10.3 Å². The SMILES string of the molecule is CC(c1cccs1)n1c(N)nc2cc(I)c(F)cc21. The van der Waals surface area contributed by atoms with Crippen LogP contribution in [0.15, 0.2) is 29.6 Å². The van der Waals surface area contributed by atoms with E-state index in [-0.39, 0.29) is 11.9 Å². The summed E-state index contributed by atoms with van der Waals surface area (Å²) in [4.78, 5) is 5.49. The molecule has 0 aliphatic rings. The molecule has 3 aromatic rings. The lowest BCUT2D eigenvalue weighted by atomic mass is 10.2. The summed E-state index contributed by atoms with van der Waals surface area (Å²) in [5, 5.41) is 2.02. The lowest BCUT2D eigenvalue weighted by Gasteiger charge is -2.14. The molecule has 98 valence electrons. The molecule has 2 heterocycles. The fourth-order valence-corrected chi connectivity index (χ4v) is 3.40. The van der Waals surface area contributed by atoms with Crippen LogP contribution < -0.4 is 5.73 Å². The number of thiophene rings is 1. The molecule has 0 radical (unpaired) electrons. The Morgan fingerprint density at radius 2 is 2.26 bits per heavy atom. The minimum Gasteiger partial charge on any atom is -0.369 e. The molecule has 3 nitrogen and oxygen atoms in total. The molecule has 2 aromatic heterocycles. The third-order valence-electron chi connectivity index (χ3n) is 3.10. The number of imidazole rings is 1. The van der Waals surface area contributed by atoms with E-state index in [1.54, 1.807) is 17.4 Å². The van der Waals surface area contributed by atoms with E-state index in [9.17, 15) is 4.39 Å². The molecule has 2 N–H and O–H groups in total. The predicted octanol–water partition coefficient (Wildman–Crippen LogP) is 4.03. The molecular weight excluding hydrogens is 376 g/mol. The Kier molecular flexibility index (Phi) is 3.22. The quantitative estimate of drug-likeness (QED) is 0.675. The van der Waals surface area contributed by atoms with E-state index in [2.05, 4.69) is 4.98 Å². The van der Waals surface area contributed by atoms with Gasteiger partial charge in [0.05, 0.1) is 20.6 Å². The third-order valence-corrected chi connectivity index (χ3v) is 4.97. The van der Waals surface area contributed by atoms with Gasteiger partial charge in [-0.05, 0) is 47.0 Å². The zero-order valence-corrected chi connectivity index (χ0v) is 13.1. The van der Waals surface area contributed by atoms with Crippen molar-refractivity contribution in [1.29, 1.82) is 0 Å². The van der Waals surface area contributed by atoms with Gasteiger partial charge in [-0.3, -0.25) is 0 Å². The molecule has 0 aliphatic heterocycles. The Bertz CT molecular complexity index is 736. The number of rotatable bonds is 2. The van der Waals surface area contributed by atoms with Crippen LogP contribution in [0, 0.1) is 9.39 Å². The van der Waals surface area contributed by atoms with Gasteiger partial charge in [-0.1, -0.05) is 6.07 Å². The second-order valence-electron chi connectivity index (χ2n) is 4.29. The van der Waals surface area contributed by atoms with Gasteiger partial charge >= 0.3 is 0 Å². The number of halogens is 2. The molecule has 0 bridgehead atoms. The third kappa shape index (κ3) is 2.12. The first-order valence-electron chi connectivity index (χ1n) is 5.74. The highest BCUT2D eigenvalue weighted by Crippen LogP contribution is 2.31. The standard InChI is InChI=1S/C13H11FIN3S/c1-7(12-3-2-4-19-12)18-11-5-8(14)9(15)6-10(11)17-13(18)16/h2-7H,1H3,(H2,16,17). The van der Waals surface area contributed by atoms with Gasteiger partial charge in [-0.15, -0.1) is 11.3 Å². The summed E-state index contributed by atoms with van der Waals surface area (Å²) in [6, 6.07) is 7.31. The van der Waals surface area contributed by atoms with Gasteiger partial charge in [0.2, 0.25) is 5.95 Å². The molecule has 1 aromatic carbocycles. The van der Waals surface area contributed by atoms with E-state index in [1.165, 1.54) is 10.9 Å². The van der Waals surface area contributed by atoms with Crippen molar-refractivity contribution in [3.8, 4) is 0 Å². The predicted molar refractivity (Wildman–Crippen MR) is 85.0 cm³/mol. The highest BCUT2D eigenvalue weighted by atomic mass is 127. The first kappa shape index (κ1) is 12.9. The second kappa shape index (κ2) is 4.75. The summed E-state index contributed by atoms with van der Waals surface area (Å²) in [5.41, 5.74) is 7.45. The largest absolute Gasteiger partial charge is 0.369 e. The molecule has 1 atom stereocenters. The molecule has 0 saturated heterocycles. The van der Waals surface area contributed by atoms with Gasteiger partial charge in [0, 0.05) is 10.9 Å². The van der Waals surface area contributed by atoms with E-state index in [0.717, 1.165) is 11.0 Å². The summed E-state index contributed by atoms with van der Waals surface area (Å²) in [6.45, 7) is 2.04. The van der Waals surface area contributed by atoms with Crippen molar-refractivity contribution in [3.05, 3.63) is 43.9 Å². The highest BCUT2D eigenvalue weighted by molar-refractivity contribution is 14.1. The molecule has 19 heavy (non-hydrogen) atoms. The van der Waals surface area contributed by atoms with Gasteiger partial charge in [0.25, 0.3) is 0 Å². The summed E-state index contributed by atoms with van der Waals surface area (Å²) in [6.07, 6.45) is 0. The van der Waals surface area contributed by atoms with Crippen molar-refractivity contribution in [2.75, 3.05) is 5.73 Å². The van der Waals surface area contributed by atoms with Crippen molar-refractivity contribution in [1.82, 2.24) is 9.55 Å². The fraction of sp³-hybridized carbons (Fsp3) is 0.154.